The summed E-state index contributed by atoms with van der Waals surface area (Å²) in [5.74, 6) is -0.181. The van der Waals surface area contributed by atoms with Crippen LogP contribution in [0.4, 0.5) is 18.9 Å². The second kappa shape index (κ2) is 5.99. The molecule has 1 aromatic heterocycles. The summed E-state index contributed by atoms with van der Waals surface area (Å²) in [7, 11) is 0. The van der Waals surface area contributed by atoms with E-state index in [0.29, 0.717) is 27.7 Å². The Morgan fingerprint density at radius 3 is 2.50 bits per heavy atom. The molecular weight excluding hydrogens is 371 g/mol. The van der Waals surface area contributed by atoms with Crippen molar-refractivity contribution in [2.75, 3.05) is 4.90 Å². The normalized spacial score (nSPS) is 18.3. The number of anilines is 1. The number of carbonyl (C=O) groups is 1. The first-order valence-corrected chi connectivity index (χ1v) is 8.55. The van der Waals surface area contributed by atoms with E-state index in [-0.39, 0.29) is 18.4 Å². The molecule has 2 aromatic rings. The van der Waals surface area contributed by atoms with Crippen LogP contribution in [-0.4, -0.2) is 33.1 Å². The van der Waals surface area contributed by atoms with E-state index < -0.39 is 18.8 Å². The third-order valence-electron chi connectivity index (χ3n) is 4.68. The standard InChI is InChI=1S/C17H15ClF3N3O2/c18-10-3-5-11(6-4-10)23-7-12-14(16(23)26)15(9-1-2-9)22-24(12)8-13(25)17(19,20)21/h3-6,9,13,25H,1-2,7-8H2/t13-/m1/s1. The summed E-state index contributed by atoms with van der Waals surface area (Å²) >= 11 is 5.87. The predicted octanol–water partition coefficient (Wildman–Crippen LogP) is 3.50. The van der Waals surface area contributed by atoms with Crippen molar-refractivity contribution in [1.82, 2.24) is 9.78 Å². The molecule has 0 saturated heterocycles. The number of alkyl halides is 3. The van der Waals surface area contributed by atoms with Crippen molar-refractivity contribution in [3.05, 3.63) is 46.2 Å². The molecular formula is C17H15ClF3N3O2. The van der Waals surface area contributed by atoms with Gasteiger partial charge in [0.1, 0.15) is 0 Å². The van der Waals surface area contributed by atoms with E-state index >= 15 is 0 Å². The van der Waals surface area contributed by atoms with E-state index in [1.807, 2.05) is 0 Å². The topological polar surface area (TPSA) is 58.4 Å². The highest BCUT2D eigenvalue weighted by molar-refractivity contribution is 6.30. The third-order valence-corrected chi connectivity index (χ3v) is 4.93. The Hall–Kier alpha value is -2.06. The zero-order chi connectivity index (χ0) is 18.6. The monoisotopic (exact) mass is 385 g/mol. The fourth-order valence-corrected chi connectivity index (χ4v) is 3.28. The summed E-state index contributed by atoms with van der Waals surface area (Å²) in [6.07, 6.45) is -5.55. The van der Waals surface area contributed by atoms with Gasteiger partial charge >= 0.3 is 6.18 Å². The number of halogens is 4. The number of nitrogens with zero attached hydrogens (tertiary/aromatic N) is 3. The zero-order valence-electron chi connectivity index (χ0n) is 13.5. The number of benzene rings is 1. The minimum Gasteiger partial charge on any atom is -0.382 e. The first-order valence-electron chi connectivity index (χ1n) is 8.17. The van der Waals surface area contributed by atoms with Crippen LogP contribution in [0.5, 0.6) is 0 Å². The molecule has 0 spiro atoms. The number of hydrogen-bond donors (Lipinski definition) is 1. The molecule has 0 radical (unpaired) electrons. The lowest BCUT2D eigenvalue weighted by Gasteiger charge is -2.18. The Labute approximate surface area is 152 Å². The first-order chi connectivity index (χ1) is 12.3. The lowest BCUT2D eigenvalue weighted by Crippen LogP contribution is -2.34. The molecule has 138 valence electrons. The van der Waals surface area contributed by atoms with Gasteiger partial charge in [0.05, 0.1) is 30.0 Å². The molecule has 1 atom stereocenters. The molecule has 1 amide bonds. The van der Waals surface area contributed by atoms with Crippen molar-refractivity contribution in [3.63, 3.8) is 0 Å². The largest absolute Gasteiger partial charge is 0.416 e. The number of aliphatic hydroxyl groups excluding tert-OH is 1. The van der Waals surface area contributed by atoms with E-state index in [4.69, 9.17) is 11.6 Å². The summed E-state index contributed by atoms with van der Waals surface area (Å²) in [5, 5.41) is 14.2. The number of aliphatic hydroxyl groups is 1. The Bertz CT molecular complexity index is 859. The number of fused-ring (bicyclic) bond motifs is 1. The first kappa shape index (κ1) is 17.4. The molecule has 5 nitrogen and oxygen atoms in total. The second-order valence-electron chi connectivity index (χ2n) is 6.59. The van der Waals surface area contributed by atoms with Crippen LogP contribution in [0.25, 0.3) is 0 Å². The highest BCUT2D eigenvalue weighted by Gasteiger charge is 2.43. The van der Waals surface area contributed by atoms with Crippen LogP contribution in [-0.2, 0) is 13.1 Å². The fourth-order valence-electron chi connectivity index (χ4n) is 3.16. The van der Waals surface area contributed by atoms with Gasteiger partial charge in [-0.2, -0.15) is 18.3 Å². The summed E-state index contributed by atoms with van der Waals surface area (Å²) in [6.45, 7) is -0.611. The molecule has 2 heterocycles. The smallest absolute Gasteiger partial charge is 0.382 e. The van der Waals surface area contributed by atoms with Crippen molar-refractivity contribution in [1.29, 1.82) is 0 Å². The van der Waals surface area contributed by atoms with Crippen LogP contribution in [0, 0.1) is 0 Å². The minimum atomic E-state index is -4.74. The molecule has 4 rings (SSSR count). The Morgan fingerprint density at radius 1 is 1.27 bits per heavy atom. The van der Waals surface area contributed by atoms with Gasteiger partial charge in [0, 0.05) is 16.6 Å². The second-order valence-corrected chi connectivity index (χ2v) is 7.02. The molecule has 1 N–H and O–H groups in total. The van der Waals surface area contributed by atoms with E-state index in [1.54, 1.807) is 24.3 Å². The minimum absolute atomic E-state index is 0.0992. The highest BCUT2D eigenvalue weighted by Crippen LogP contribution is 2.44. The van der Waals surface area contributed by atoms with Crippen molar-refractivity contribution in [2.24, 2.45) is 0 Å². The average Bonchev–Trinajstić information content (AvgIpc) is 3.28. The zero-order valence-corrected chi connectivity index (χ0v) is 14.3. The summed E-state index contributed by atoms with van der Waals surface area (Å²) in [6, 6.07) is 6.67. The van der Waals surface area contributed by atoms with E-state index in [2.05, 4.69) is 5.10 Å². The van der Waals surface area contributed by atoms with Crippen LogP contribution < -0.4 is 4.90 Å². The molecule has 1 aliphatic heterocycles. The molecule has 2 aliphatic rings. The van der Waals surface area contributed by atoms with Gasteiger partial charge in [0.2, 0.25) is 0 Å². The average molecular weight is 386 g/mol. The van der Waals surface area contributed by atoms with Gasteiger partial charge in [-0.25, -0.2) is 0 Å². The van der Waals surface area contributed by atoms with Gasteiger partial charge in [0.25, 0.3) is 5.91 Å². The maximum absolute atomic E-state index is 12.9. The van der Waals surface area contributed by atoms with Crippen LogP contribution >= 0.6 is 11.6 Å². The maximum Gasteiger partial charge on any atom is 0.416 e. The van der Waals surface area contributed by atoms with Gasteiger partial charge in [0.15, 0.2) is 6.10 Å². The number of aromatic nitrogens is 2. The molecule has 26 heavy (non-hydrogen) atoms. The van der Waals surface area contributed by atoms with Gasteiger partial charge in [-0.15, -0.1) is 0 Å². The molecule has 1 aromatic carbocycles. The van der Waals surface area contributed by atoms with Gasteiger partial charge in [-0.3, -0.25) is 9.48 Å². The Morgan fingerprint density at radius 2 is 1.92 bits per heavy atom. The van der Waals surface area contributed by atoms with Crippen molar-refractivity contribution < 1.29 is 23.1 Å². The molecule has 0 unspecified atom stereocenters. The molecule has 1 aliphatic carbocycles. The Balaban J connectivity index is 1.69. The van der Waals surface area contributed by atoms with Crippen LogP contribution in [0.15, 0.2) is 24.3 Å². The van der Waals surface area contributed by atoms with Crippen molar-refractivity contribution in [2.45, 2.75) is 44.1 Å². The number of hydrogen-bond acceptors (Lipinski definition) is 3. The SMILES string of the molecule is O=C1c2c(C3CC3)nn(C[C@@H](O)C(F)(F)F)c2CN1c1ccc(Cl)cc1. The fraction of sp³-hybridized carbons (Fsp3) is 0.412. The summed E-state index contributed by atoms with van der Waals surface area (Å²) in [5.41, 5.74) is 1.93. The van der Waals surface area contributed by atoms with Crippen LogP contribution in [0.1, 0.15) is 40.5 Å². The lowest BCUT2D eigenvalue weighted by atomic mass is 10.1. The lowest BCUT2D eigenvalue weighted by molar-refractivity contribution is -0.208. The molecule has 1 fully saturated rings. The number of rotatable bonds is 4. The van der Waals surface area contributed by atoms with Gasteiger partial charge in [-0.1, -0.05) is 11.6 Å². The Kier molecular flexibility index (Phi) is 4.00. The quantitative estimate of drug-likeness (QED) is 0.876. The molecule has 1 saturated carbocycles. The summed E-state index contributed by atoms with van der Waals surface area (Å²) < 4.78 is 39.4. The van der Waals surface area contributed by atoms with Crippen LogP contribution in [0.3, 0.4) is 0 Å². The van der Waals surface area contributed by atoms with Crippen molar-refractivity contribution >= 4 is 23.2 Å². The number of carbonyl (C=O) groups excluding carboxylic acids is 1. The third kappa shape index (κ3) is 2.97. The van der Waals surface area contributed by atoms with Gasteiger partial charge < -0.3 is 10.0 Å². The van der Waals surface area contributed by atoms with E-state index in [1.165, 1.54) is 4.90 Å². The molecule has 9 heteroatoms. The van der Waals surface area contributed by atoms with Crippen LogP contribution in [0.2, 0.25) is 5.02 Å². The van der Waals surface area contributed by atoms with E-state index in [9.17, 15) is 23.1 Å². The number of amides is 1. The van der Waals surface area contributed by atoms with E-state index in [0.717, 1.165) is 17.5 Å². The summed E-state index contributed by atoms with van der Waals surface area (Å²) in [4.78, 5) is 14.4. The maximum atomic E-state index is 12.9. The predicted molar refractivity (Wildman–Crippen MR) is 88.2 cm³/mol. The van der Waals surface area contributed by atoms with Gasteiger partial charge in [-0.05, 0) is 37.1 Å². The molecule has 0 bridgehead atoms. The highest BCUT2D eigenvalue weighted by atomic mass is 35.5. The van der Waals surface area contributed by atoms with Crippen molar-refractivity contribution in [3.8, 4) is 0 Å².